The van der Waals surface area contributed by atoms with Gasteiger partial charge in [-0.1, -0.05) is 29.3 Å². The molecular weight excluding hydrogens is 360 g/mol. The second kappa shape index (κ2) is 6.68. The van der Waals surface area contributed by atoms with Gasteiger partial charge in [-0.15, -0.1) is 0 Å². The molecule has 1 saturated carbocycles. The number of hydrogen-bond donors (Lipinski definition) is 2. The van der Waals surface area contributed by atoms with Crippen molar-refractivity contribution < 1.29 is 8.42 Å². The SMILES string of the molecule is CCSC1CCCC1NS(=O)(=O)c1cc(Br)ccc1N. The Morgan fingerprint density at radius 1 is 1.45 bits per heavy atom. The summed E-state index contributed by atoms with van der Waals surface area (Å²) in [5, 5.41) is 0.364. The predicted molar refractivity (Wildman–Crippen MR) is 88.4 cm³/mol. The molecule has 1 aliphatic rings. The fourth-order valence-corrected chi connectivity index (χ4v) is 5.74. The lowest BCUT2D eigenvalue weighted by Crippen LogP contribution is -2.39. The molecule has 0 heterocycles. The van der Waals surface area contributed by atoms with Gasteiger partial charge in [-0.05, 0) is 36.8 Å². The van der Waals surface area contributed by atoms with Gasteiger partial charge in [0.25, 0.3) is 0 Å². The highest BCUT2D eigenvalue weighted by atomic mass is 79.9. The molecule has 112 valence electrons. The lowest BCUT2D eigenvalue weighted by molar-refractivity contribution is 0.555. The summed E-state index contributed by atoms with van der Waals surface area (Å²) in [7, 11) is -3.57. The van der Waals surface area contributed by atoms with Crippen molar-refractivity contribution in [3.8, 4) is 0 Å². The summed E-state index contributed by atoms with van der Waals surface area (Å²) in [4.78, 5) is 0.152. The molecule has 0 saturated heterocycles. The van der Waals surface area contributed by atoms with Gasteiger partial charge in [-0.3, -0.25) is 0 Å². The highest BCUT2D eigenvalue weighted by molar-refractivity contribution is 9.10. The number of rotatable bonds is 5. The molecule has 1 aliphatic carbocycles. The summed E-state index contributed by atoms with van der Waals surface area (Å²) >= 11 is 5.11. The molecule has 0 bridgehead atoms. The van der Waals surface area contributed by atoms with Crippen LogP contribution in [0.3, 0.4) is 0 Å². The topological polar surface area (TPSA) is 72.2 Å². The van der Waals surface area contributed by atoms with Crippen LogP contribution in [0.2, 0.25) is 0 Å². The second-order valence-electron chi connectivity index (χ2n) is 4.83. The van der Waals surface area contributed by atoms with Gasteiger partial charge < -0.3 is 5.73 Å². The Labute approximate surface area is 133 Å². The van der Waals surface area contributed by atoms with Gasteiger partial charge in [0.15, 0.2) is 0 Å². The van der Waals surface area contributed by atoms with Gasteiger partial charge in [-0.25, -0.2) is 13.1 Å². The first-order chi connectivity index (χ1) is 9.44. The van der Waals surface area contributed by atoms with E-state index in [1.807, 2.05) is 11.8 Å². The zero-order valence-electron chi connectivity index (χ0n) is 11.3. The number of benzene rings is 1. The van der Waals surface area contributed by atoms with Crippen LogP contribution in [0.25, 0.3) is 0 Å². The van der Waals surface area contributed by atoms with E-state index < -0.39 is 10.0 Å². The van der Waals surface area contributed by atoms with Gasteiger partial charge in [-0.2, -0.15) is 11.8 Å². The van der Waals surface area contributed by atoms with Crippen LogP contribution in [0, 0.1) is 0 Å². The third kappa shape index (κ3) is 3.69. The summed E-state index contributed by atoms with van der Waals surface area (Å²) < 4.78 is 28.5. The Hall–Kier alpha value is -0.240. The number of nitrogen functional groups attached to an aromatic ring is 1. The van der Waals surface area contributed by atoms with Crippen LogP contribution in [0.15, 0.2) is 27.6 Å². The van der Waals surface area contributed by atoms with Crippen LogP contribution in [0.4, 0.5) is 5.69 Å². The number of nitrogens with one attached hydrogen (secondary N) is 1. The van der Waals surface area contributed by atoms with Crippen molar-refractivity contribution in [2.45, 2.75) is 42.4 Å². The smallest absolute Gasteiger partial charge is 0.242 e. The summed E-state index contributed by atoms with van der Waals surface area (Å²) in [6.07, 6.45) is 3.03. The first kappa shape index (κ1) is 16.1. The molecule has 3 N–H and O–H groups in total. The molecule has 0 aliphatic heterocycles. The van der Waals surface area contributed by atoms with Crippen molar-refractivity contribution in [2.75, 3.05) is 11.5 Å². The number of thioether (sulfide) groups is 1. The van der Waals surface area contributed by atoms with Gasteiger partial charge in [0.1, 0.15) is 4.90 Å². The maximum Gasteiger partial charge on any atom is 0.242 e. The molecule has 2 unspecified atom stereocenters. The fraction of sp³-hybridized carbons (Fsp3) is 0.538. The Morgan fingerprint density at radius 3 is 2.90 bits per heavy atom. The monoisotopic (exact) mass is 378 g/mol. The Bertz CT molecular complexity index is 578. The lowest BCUT2D eigenvalue weighted by atomic mass is 10.3. The Balaban J connectivity index is 2.20. The summed E-state index contributed by atoms with van der Waals surface area (Å²) in [5.74, 6) is 1.00. The van der Waals surface area contributed by atoms with Gasteiger partial charge >= 0.3 is 0 Å². The van der Waals surface area contributed by atoms with Crippen LogP contribution < -0.4 is 10.5 Å². The number of hydrogen-bond acceptors (Lipinski definition) is 4. The maximum atomic E-state index is 12.5. The van der Waals surface area contributed by atoms with Gasteiger partial charge in [0, 0.05) is 15.8 Å². The van der Waals surface area contributed by atoms with Crippen molar-refractivity contribution in [3.63, 3.8) is 0 Å². The van der Waals surface area contributed by atoms with E-state index in [1.165, 1.54) is 0 Å². The zero-order valence-corrected chi connectivity index (χ0v) is 14.5. The highest BCUT2D eigenvalue weighted by Crippen LogP contribution is 2.31. The number of anilines is 1. The van der Waals surface area contributed by atoms with E-state index >= 15 is 0 Å². The average Bonchev–Trinajstić information content (AvgIpc) is 2.79. The van der Waals surface area contributed by atoms with Gasteiger partial charge in [0.2, 0.25) is 10.0 Å². The van der Waals surface area contributed by atoms with Crippen molar-refractivity contribution in [1.29, 1.82) is 0 Å². The summed E-state index contributed by atoms with van der Waals surface area (Å²) in [6, 6.07) is 4.89. The first-order valence-electron chi connectivity index (χ1n) is 6.63. The standard InChI is InChI=1S/C13H19BrN2O2S2/c1-2-19-12-5-3-4-11(12)16-20(17,18)13-8-9(14)6-7-10(13)15/h6-8,11-12,16H,2-5,15H2,1H3. The maximum absolute atomic E-state index is 12.5. The van der Waals surface area contributed by atoms with Gasteiger partial charge in [0.05, 0.1) is 5.69 Å². The van der Waals surface area contributed by atoms with Crippen LogP contribution >= 0.6 is 27.7 Å². The van der Waals surface area contributed by atoms with Crippen molar-refractivity contribution in [2.24, 2.45) is 0 Å². The third-order valence-corrected chi connectivity index (χ3v) is 6.77. The quantitative estimate of drug-likeness (QED) is 0.772. The minimum atomic E-state index is -3.57. The number of sulfonamides is 1. The zero-order chi connectivity index (χ0) is 14.8. The van der Waals surface area contributed by atoms with E-state index in [-0.39, 0.29) is 16.6 Å². The van der Waals surface area contributed by atoms with E-state index in [1.54, 1.807) is 18.2 Å². The number of nitrogens with two attached hydrogens (primary N) is 1. The van der Waals surface area contributed by atoms with E-state index in [0.29, 0.717) is 9.72 Å². The normalized spacial score (nSPS) is 23.1. The van der Waals surface area contributed by atoms with Crippen molar-refractivity contribution >= 4 is 43.4 Å². The third-order valence-electron chi connectivity index (χ3n) is 3.40. The van der Waals surface area contributed by atoms with Crippen LogP contribution in [-0.2, 0) is 10.0 Å². The minimum absolute atomic E-state index is 0.00308. The molecule has 4 nitrogen and oxygen atoms in total. The number of halogens is 1. The lowest BCUT2D eigenvalue weighted by Gasteiger charge is -2.20. The average molecular weight is 379 g/mol. The molecule has 2 rings (SSSR count). The summed E-state index contributed by atoms with van der Waals surface area (Å²) in [5.41, 5.74) is 6.07. The predicted octanol–water partition coefficient (Wildman–Crippen LogP) is 2.98. The largest absolute Gasteiger partial charge is 0.398 e. The second-order valence-corrected chi connectivity index (χ2v) is 8.95. The molecule has 1 aromatic carbocycles. The molecule has 0 aromatic heterocycles. The molecule has 0 amide bonds. The molecule has 7 heteroatoms. The Morgan fingerprint density at radius 2 is 2.20 bits per heavy atom. The van der Waals surface area contributed by atoms with E-state index in [9.17, 15) is 8.42 Å². The molecule has 1 fully saturated rings. The van der Waals surface area contributed by atoms with Crippen LogP contribution in [-0.4, -0.2) is 25.5 Å². The highest BCUT2D eigenvalue weighted by Gasteiger charge is 2.31. The van der Waals surface area contributed by atoms with E-state index in [4.69, 9.17) is 5.73 Å². The molecular formula is C13H19BrN2O2S2. The van der Waals surface area contributed by atoms with Crippen LogP contribution in [0.5, 0.6) is 0 Å². The van der Waals surface area contributed by atoms with E-state index in [2.05, 4.69) is 27.6 Å². The Kier molecular flexibility index (Phi) is 5.39. The van der Waals surface area contributed by atoms with Crippen molar-refractivity contribution in [1.82, 2.24) is 4.72 Å². The first-order valence-corrected chi connectivity index (χ1v) is 9.95. The molecule has 0 radical (unpaired) electrons. The minimum Gasteiger partial charge on any atom is -0.398 e. The molecule has 0 spiro atoms. The summed E-state index contributed by atoms with van der Waals surface area (Å²) in [6.45, 7) is 2.10. The van der Waals surface area contributed by atoms with E-state index in [0.717, 1.165) is 25.0 Å². The van der Waals surface area contributed by atoms with Crippen molar-refractivity contribution in [3.05, 3.63) is 22.7 Å². The molecule has 1 aromatic rings. The molecule has 2 atom stereocenters. The fourth-order valence-electron chi connectivity index (χ4n) is 2.48. The van der Waals surface area contributed by atoms with Crippen LogP contribution in [0.1, 0.15) is 26.2 Å². The molecule has 20 heavy (non-hydrogen) atoms.